The normalized spacial score (nSPS) is 14.6. The number of nitrogens with one attached hydrogen (secondary N) is 2. The number of nitrogens with two attached hydrogens (primary N) is 1. The van der Waals surface area contributed by atoms with Crippen molar-refractivity contribution < 1.29 is 4.79 Å². The number of aromatic nitrogens is 2. The Morgan fingerprint density at radius 1 is 1.69 bits per heavy atom. The van der Waals surface area contributed by atoms with E-state index in [0.29, 0.717) is 17.4 Å². The molecule has 0 bridgehead atoms. The average Bonchev–Trinajstić information content (AvgIpc) is 2.92. The van der Waals surface area contributed by atoms with Crippen LogP contribution < -0.4 is 16.4 Å². The maximum absolute atomic E-state index is 11.5. The Kier molecular flexibility index (Phi) is 2.78. The van der Waals surface area contributed by atoms with Gasteiger partial charge in [-0.1, -0.05) is 12.2 Å². The molecule has 1 fully saturated rings. The van der Waals surface area contributed by atoms with Crippen molar-refractivity contribution in [1.82, 2.24) is 15.1 Å². The molecule has 7 heteroatoms. The third kappa shape index (κ3) is 2.30. The smallest absolute Gasteiger partial charge is 0.320 e. The second kappa shape index (κ2) is 4.09. The fourth-order valence-corrected chi connectivity index (χ4v) is 1.47. The van der Waals surface area contributed by atoms with Crippen molar-refractivity contribution in [2.24, 2.45) is 12.8 Å². The van der Waals surface area contributed by atoms with Crippen molar-refractivity contribution in [3.63, 3.8) is 0 Å². The van der Waals surface area contributed by atoms with Crippen LogP contribution in [0.4, 0.5) is 10.6 Å². The Morgan fingerprint density at radius 2 is 2.38 bits per heavy atom. The van der Waals surface area contributed by atoms with Crippen LogP contribution in [0.5, 0.6) is 0 Å². The van der Waals surface area contributed by atoms with Gasteiger partial charge >= 0.3 is 6.03 Å². The van der Waals surface area contributed by atoms with Gasteiger partial charge in [0, 0.05) is 13.1 Å². The summed E-state index contributed by atoms with van der Waals surface area (Å²) < 4.78 is 1.53. The van der Waals surface area contributed by atoms with E-state index < -0.39 is 0 Å². The molecule has 1 aliphatic carbocycles. The largest absolute Gasteiger partial charge is 0.389 e. The molecular formula is C9H13N5OS. The van der Waals surface area contributed by atoms with Crippen LogP contribution in [0.1, 0.15) is 18.4 Å². The van der Waals surface area contributed by atoms with Gasteiger partial charge in [-0.15, -0.1) is 0 Å². The molecule has 4 N–H and O–H groups in total. The van der Waals surface area contributed by atoms with Crippen molar-refractivity contribution in [1.29, 1.82) is 0 Å². The van der Waals surface area contributed by atoms with Crippen LogP contribution in [0.15, 0.2) is 6.20 Å². The summed E-state index contributed by atoms with van der Waals surface area (Å²) in [5.41, 5.74) is 6.10. The number of carbonyl (C=O) groups excluding carboxylic acids is 1. The highest BCUT2D eigenvalue weighted by atomic mass is 32.1. The fraction of sp³-hybridized carbons (Fsp3) is 0.444. The second-order valence-corrected chi connectivity index (χ2v) is 4.21. The van der Waals surface area contributed by atoms with Gasteiger partial charge in [-0.05, 0) is 12.8 Å². The van der Waals surface area contributed by atoms with Crippen LogP contribution in [0.2, 0.25) is 0 Å². The van der Waals surface area contributed by atoms with Gasteiger partial charge in [0.25, 0.3) is 0 Å². The minimum Gasteiger partial charge on any atom is -0.389 e. The van der Waals surface area contributed by atoms with Crippen molar-refractivity contribution >= 4 is 29.1 Å². The number of carbonyl (C=O) groups is 1. The topological polar surface area (TPSA) is 85.0 Å². The zero-order valence-corrected chi connectivity index (χ0v) is 9.67. The highest BCUT2D eigenvalue weighted by Crippen LogP contribution is 2.19. The van der Waals surface area contributed by atoms with E-state index in [1.54, 1.807) is 7.05 Å². The Bertz CT molecular complexity index is 437. The van der Waals surface area contributed by atoms with E-state index in [0.717, 1.165) is 12.8 Å². The Morgan fingerprint density at radius 3 is 2.94 bits per heavy atom. The van der Waals surface area contributed by atoms with Crippen LogP contribution in [-0.4, -0.2) is 26.8 Å². The van der Waals surface area contributed by atoms with E-state index >= 15 is 0 Å². The number of rotatable bonds is 3. The molecule has 0 unspecified atom stereocenters. The number of hydrogen-bond acceptors (Lipinski definition) is 3. The lowest BCUT2D eigenvalue weighted by atomic mass is 10.3. The van der Waals surface area contributed by atoms with Crippen LogP contribution in [0.3, 0.4) is 0 Å². The Hall–Kier alpha value is -1.63. The van der Waals surface area contributed by atoms with Gasteiger partial charge in [-0.3, -0.25) is 10.00 Å². The van der Waals surface area contributed by atoms with Gasteiger partial charge < -0.3 is 11.1 Å². The summed E-state index contributed by atoms with van der Waals surface area (Å²) in [5, 5.41) is 9.50. The first kappa shape index (κ1) is 10.9. The van der Waals surface area contributed by atoms with Crippen LogP contribution >= 0.6 is 12.2 Å². The van der Waals surface area contributed by atoms with Crippen LogP contribution in [0, 0.1) is 0 Å². The van der Waals surface area contributed by atoms with Crippen molar-refractivity contribution in [3.8, 4) is 0 Å². The molecule has 0 radical (unpaired) electrons. The first-order chi connectivity index (χ1) is 7.58. The number of hydrogen-bond donors (Lipinski definition) is 3. The second-order valence-electron chi connectivity index (χ2n) is 3.77. The van der Waals surface area contributed by atoms with E-state index in [1.165, 1.54) is 10.9 Å². The molecule has 1 aromatic rings. The standard InChI is InChI=1S/C9H13N5OS/c1-14-8(6(4-11-14)7(10)16)13-9(15)12-5-2-3-5/h4-5H,2-3H2,1H3,(H2,10,16)(H2,12,13,15). The molecule has 2 amide bonds. The van der Waals surface area contributed by atoms with E-state index in [9.17, 15) is 4.79 Å². The molecule has 0 atom stereocenters. The molecule has 1 aromatic heterocycles. The number of urea groups is 1. The fourth-order valence-electron chi connectivity index (χ4n) is 1.32. The Labute approximate surface area is 98.2 Å². The molecule has 0 spiro atoms. The van der Waals surface area contributed by atoms with Gasteiger partial charge in [-0.25, -0.2) is 4.79 Å². The van der Waals surface area contributed by atoms with Crippen molar-refractivity contribution in [3.05, 3.63) is 11.8 Å². The molecule has 16 heavy (non-hydrogen) atoms. The average molecular weight is 239 g/mol. The minimum absolute atomic E-state index is 0.217. The first-order valence-electron chi connectivity index (χ1n) is 4.97. The summed E-state index contributed by atoms with van der Waals surface area (Å²) in [5.74, 6) is 0.519. The molecule has 1 aliphatic rings. The predicted octanol–water partition coefficient (Wildman–Crippen LogP) is 0.338. The molecular weight excluding hydrogens is 226 g/mol. The molecule has 0 aromatic carbocycles. The molecule has 2 rings (SSSR count). The van der Waals surface area contributed by atoms with Gasteiger partial charge in [0.2, 0.25) is 0 Å². The number of anilines is 1. The lowest BCUT2D eigenvalue weighted by Crippen LogP contribution is -2.32. The number of thiocarbonyl (C=S) groups is 1. The molecule has 1 saturated carbocycles. The predicted molar refractivity (Wildman–Crippen MR) is 64.3 cm³/mol. The molecule has 0 aliphatic heterocycles. The SMILES string of the molecule is Cn1ncc(C(N)=S)c1NC(=O)NC1CC1. The summed E-state index contributed by atoms with van der Waals surface area (Å²) >= 11 is 4.87. The summed E-state index contributed by atoms with van der Waals surface area (Å²) in [4.78, 5) is 11.8. The van der Waals surface area contributed by atoms with E-state index in [1.807, 2.05) is 0 Å². The zero-order chi connectivity index (χ0) is 11.7. The summed E-state index contributed by atoms with van der Waals surface area (Å²) in [7, 11) is 1.72. The highest BCUT2D eigenvalue weighted by Gasteiger charge is 2.24. The van der Waals surface area contributed by atoms with E-state index in [-0.39, 0.29) is 11.0 Å². The summed E-state index contributed by atoms with van der Waals surface area (Å²) in [6, 6.07) is 0.0603. The molecule has 6 nitrogen and oxygen atoms in total. The van der Waals surface area contributed by atoms with E-state index in [4.69, 9.17) is 18.0 Å². The summed E-state index contributed by atoms with van der Waals surface area (Å²) in [6.45, 7) is 0. The quantitative estimate of drug-likeness (QED) is 0.664. The van der Waals surface area contributed by atoms with E-state index in [2.05, 4.69) is 15.7 Å². The summed E-state index contributed by atoms with van der Waals surface area (Å²) in [6.07, 6.45) is 3.62. The van der Waals surface area contributed by atoms with Crippen LogP contribution in [-0.2, 0) is 7.05 Å². The molecule has 86 valence electrons. The first-order valence-corrected chi connectivity index (χ1v) is 5.38. The Balaban J connectivity index is 2.09. The lowest BCUT2D eigenvalue weighted by molar-refractivity contribution is 0.251. The third-order valence-electron chi connectivity index (χ3n) is 2.35. The maximum atomic E-state index is 11.5. The maximum Gasteiger partial charge on any atom is 0.320 e. The van der Waals surface area contributed by atoms with Crippen molar-refractivity contribution in [2.45, 2.75) is 18.9 Å². The number of amides is 2. The third-order valence-corrected chi connectivity index (χ3v) is 2.57. The number of nitrogens with zero attached hydrogens (tertiary/aromatic N) is 2. The minimum atomic E-state index is -0.247. The molecule has 1 heterocycles. The van der Waals surface area contributed by atoms with Crippen LogP contribution in [0.25, 0.3) is 0 Å². The van der Waals surface area contributed by atoms with Gasteiger partial charge in [0.1, 0.15) is 10.8 Å². The van der Waals surface area contributed by atoms with Gasteiger partial charge in [0.05, 0.1) is 11.8 Å². The van der Waals surface area contributed by atoms with Crippen molar-refractivity contribution in [2.75, 3.05) is 5.32 Å². The highest BCUT2D eigenvalue weighted by molar-refractivity contribution is 7.80. The molecule has 0 saturated heterocycles. The van der Waals surface area contributed by atoms with Gasteiger partial charge in [0.15, 0.2) is 0 Å². The van der Waals surface area contributed by atoms with Gasteiger partial charge in [-0.2, -0.15) is 5.10 Å². The zero-order valence-electron chi connectivity index (χ0n) is 8.86. The lowest BCUT2D eigenvalue weighted by Gasteiger charge is -2.08. The monoisotopic (exact) mass is 239 g/mol. The number of aryl methyl sites for hydroxylation is 1.